The van der Waals surface area contributed by atoms with Gasteiger partial charge in [0, 0.05) is 11.3 Å². The summed E-state index contributed by atoms with van der Waals surface area (Å²) in [5, 5.41) is 2.71. The van der Waals surface area contributed by atoms with E-state index in [2.05, 4.69) is 5.32 Å². The molecule has 0 aliphatic carbocycles. The summed E-state index contributed by atoms with van der Waals surface area (Å²) >= 11 is 0. The van der Waals surface area contributed by atoms with E-state index in [9.17, 15) is 9.18 Å². The SMILES string of the molecule is COc1ccccc1CC(=O)Nc1ccc(F)cc1. The summed E-state index contributed by atoms with van der Waals surface area (Å²) in [6, 6.07) is 13.0. The molecule has 0 bridgehead atoms. The van der Waals surface area contributed by atoms with Crippen LogP contribution >= 0.6 is 0 Å². The quantitative estimate of drug-likeness (QED) is 0.916. The fourth-order valence-corrected chi connectivity index (χ4v) is 1.76. The Hall–Kier alpha value is -2.36. The van der Waals surface area contributed by atoms with Gasteiger partial charge in [-0.25, -0.2) is 4.39 Å². The Bertz CT molecular complexity index is 567. The number of carbonyl (C=O) groups is 1. The van der Waals surface area contributed by atoms with Crippen LogP contribution in [0.25, 0.3) is 0 Å². The zero-order chi connectivity index (χ0) is 13.7. The smallest absolute Gasteiger partial charge is 0.228 e. The first kappa shape index (κ1) is 13.1. The summed E-state index contributed by atoms with van der Waals surface area (Å²) in [5.74, 6) is 0.176. The molecule has 0 radical (unpaired) electrons. The number of benzene rings is 2. The van der Waals surface area contributed by atoms with Gasteiger partial charge in [0.1, 0.15) is 11.6 Å². The van der Waals surface area contributed by atoms with Crippen molar-refractivity contribution in [2.75, 3.05) is 12.4 Å². The van der Waals surface area contributed by atoms with Crippen LogP contribution in [0.4, 0.5) is 10.1 Å². The van der Waals surface area contributed by atoms with E-state index in [1.165, 1.54) is 24.3 Å². The van der Waals surface area contributed by atoms with Crippen LogP contribution in [0, 0.1) is 5.82 Å². The molecule has 0 fully saturated rings. The van der Waals surface area contributed by atoms with Crippen molar-refractivity contribution in [3.8, 4) is 5.75 Å². The lowest BCUT2D eigenvalue weighted by atomic mass is 10.1. The number of hydrogen-bond donors (Lipinski definition) is 1. The highest BCUT2D eigenvalue weighted by Crippen LogP contribution is 2.18. The minimum absolute atomic E-state index is 0.170. The maximum Gasteiger partial charge on any atom is 0.228 e. The maximum absolute atomic E-state index is 12.7. The molecule has 19 heavy (non-hydrogen) atoms. The number of rotatable bonds is 4. The van der Waals surface area contributed by atoms with E-state index in [0.717, 1.165) is 5.56 Å². The van der Waals surface area contributed by atoms with Crippen LogP contribution < -0.4 is 10.1 Å². The van der Waals surface area contributed by atoms with Gasteiger partial charge in [-0.2, -0.15) is 0 Å². The van der Waals surface area contributed by atoms with Gasteiger partial charge in [0.2, 0.25) is 5.91 Å². The summed E-state index contributed by atoms with van der Waals surface area (Å²) < 4.78 is 17.9. The predicted molar refractivity (Wildman–Crippen MR) is 71.7 cm³/mol. The summed E-state index contributed by atoms with van der Waals surface area (Å²) in [5.41, 5.74) is 1.38. The summed E-state index contributed by atoms with van der Waals surface area (Å²) in [4.78, 5) is 11.9. The Labute approximate surface area is 111 Å². The lowest BCUT2D eigenvalue weighted by Crippen LogP contribution is -2.14. The molecule has 4 heteroatoms. The van der Waals surface area contributed by atoms with Crippen molar-refractivity contribution in [2.45, 2.75) is 6.42 Å². The Kier molecular flexibility index (Phi) is 4.13. The van der Waals surface area contributed by atoms with Crippen molar-refractivity contribution in [2.24, 2.45) is 0 Å². The molecule has 98 valence electrons. The zero-order valence-corrected chi connectivity index (χ0v) is 10.5. The molecular formula is C15H14FNO2. The van der Waals surface area contributed by atoms with Crippen LogP contribution in [0.3, 0.4) is 0 Å². The average Bonchev–Trinajstić information content (AvgIpc) is 2.42. The Morgan fingerprint density at radius 2 is 1.84 bits per heavy atom. The average molecular weight is 259 g/mol. The third-order valence-electron chi connectivity index (χ3n) is 2.67. The molecule has 2 aromatic rings. The number of carbonyl (C=O) groups excluding carboxylic acids is 1. The van der Waals surface area contributed by atoms with E-state index in [0.29, 0.717) is 11.4 Å². The van der Waals surface area contributed by atoms with Crippen molar-refractivity contribution >= 4 is 11.6 Å². The van der Waals surface area contributed by atoms with Gasteiger partial charge in [0.25, 0.3) is 0 Å². The first-order chi connectivity index (χ1) is 9.19. The molecule has 0 aromatic heterocycles. The monoisotopic (exact) mass is 259 g/mol. The van der Waals surface area contributed by atoms with E-state index in [1.54, 1.807) is 13.2 Å². The van der Waals surface area contributed by atoms with Gasteiger partial charge >= 0.3 is 0 Å². The molecule has 2 aromatic carbocycles. The molecule has 0 aliphatic rings. The number of ether oxygens (including phenoxy) is 1. The molecular weight excluding hydrogens is 245 g/mol. The second-order valence-corrected chi connectivity index (χ2v) is 4.04. The number of para-hydroxylation sites is 1. The van der Waals surface area contributed by atoms with Crippen molar-refractivity contribution in [1.82, 2.24) is 0 Å². The Morgan fingerprint density at radius 1 is 1.16 bits per heavy atom. The third kappa shape index (κ3) is 3.55. The van der Waals surface area contributed by atoms with Gasteiger partial charge < -0.3 is 10.1 Å². The molecule has 1 amide bonds. The number of halogens is 1. The lowest BCUT2D eigenvalue weighted by molar-refractivity contribution is -0.115. The first-order valence-corrected chi connectivity index (χ1v) is 5.86. The van der Waals surface area contributed by atoms with Crippen LogP contribution in [0.15, 0.2) is 48.5 Å². The van der Waals surface area contributed by atoms with E-state index in [1.807, 2.05) is 18.2 Å². The Balaban J connectivity index is 2.03. The number of nitrogens with one attached hydrogen (secondary N) is 1. The molecule has 0 heterocycles. The Morgan fingerprint density at radius 3 is 2.53 bits per heavy atom. The summed E-state index contributed by atoms with van der Waals surface area (Å²) in [6.07, 6.45) is 0.210. The molecule has 2 rings (SSSR count). The third-order valence-corrected chi connectivity index (χ3v) is 2.67. The van der Waals surface area contributed by atoms with Gasteiger partial charge in [0.05, 0.1) is 13.5 Å². The van der Waals surface area contributed by atoms with Crippen molar-refractivity contribution in [3.05, 3.63) is 59.9 Å². The molecule has 1 N–H and O–H groups in total. The van der Waals surface area contributed by atoms with Crippen LogP contribution in [-0.4, -0.2) is 13.0 Å². The van der Waals surface area contributed by atoms with Crippen molar-refractivity contribution in [1.29, 1.82) is 0 Å². The van der Waals surface area contributed by atoms with Crippen LogP contribution in [0.2, 0.25) is 0 Å². The maximum atomic E-state index is 12.7. The highest BCUT2D eigenvalue weighted by Gasteiger charge is 2.08. The standard InChI is InChI=1S/C15H14FNO2/c1-19-14-5-3-2-4-11(14)10-15(18)17-13-8-6-12(16)7-9-13/h2-9H,10H2,1H3,(H,17,18). The lowest BCUT2D eigenvalue weighted by Gasteiger charge is -2.08. The number of hydrogen-bond acceptors (Lipinski definition) is 2. The summed E-state index contributed by atoms with van der Waals surface area (Å²) in [7, 11) is 1.57. The minimum Gasteiger partial charge on any atom is -0.496 e. The number of amides is 1. The van der Waals surface area contributed by atoms with Crippen LogP contribution in [0.1, 0.15) is 5.56 Å². The first-order valence-electron chi connectivity index (χ1n) is 5.86. The molecule has 0 unspecified atom stereocenters. The van der Waals surface area contributed by atoms with E-state index < -0.39 is 0 Å². The fourth-order valence-electron chi connectivity index (χ4n) is 1.76. The molecule has 0 spiro atoms. The largest absolute Gasteiger partial charge is 0.496 e. The van der Waals surface area contributed by atoms with Crippen LogP contribution in [0.5, 0.6) is 5.75 Å². The van der Waals surface area contributed by atoms with Crippen molar-refractivity contribution in [3.63, 3.8) is 0 Å². The van der Waals surface area contributed by atoms with Gasteiger partial charge in [0.15, 0.2) is 0 Å². The summed E-state index contributed by atoms with van der Waals surface area (Å²) in [6.45, 7) is 0. The molecule has 0 saturated carbocycles. The van der Waals surface area contributed by atoms with Gasteiger partial charge in [-0.05, 0) is 30.3 Å². The van der Waals surface area contributed by atoms with E-state index in [-0.39, 0.29) is 18.1 Å². The second kappa shape index (κ2) is 6.00. The minimum atomic E-state index is -0.331. The topological polar surface area (TPSA) is 38.3 Å². The normalized spacial score (nSPS) is 10.0. The number of anilines is 1. The second-order valence-electron chi connectivity index (χ2n) is 4.04. The highest BCUT2D eigenvalue weighted by molar-refractivity contribution is 5.92. The molecule has 0 saturated heterocycles. The number of methoxy groups -OCH3 is 1. The molecule has 3 nitrogen and oxygen atoms in total. The van der Waals surface area contributed by atoms with E-state index in [4.69, 9.17) is 4.74 Å². The fraction of sp³-hybridized carbons (Fsp3) is 0.133. The van der Waals surface area contributed by atoms with Crippen LogP contribution in [-0.2, 0) is 11.2 Å². The predicted octanol–water partition coefficient (Wildman–Crippen LogP) is 3.02. The molecule has 0 aliphatic heterocycles. The van der Waals surface area contributed by atoms with Gasteiger partial charge in [-0.3, -0.25) is 4.79 Å². The van der Waals surface area contributed by atoms with Gasteiger partial charge in [-0.15, -0.1) is 0 Å². The highest BCUT2D eigenvalue weighted by atomic mass is 19.1. The molecule has 0 atom stereocenters. The van der Waals surface area contributed by atoms with E-state index >= 15 is 0 Å². The zero-order valence-electron chi connectivity index (χ0n) is 10.5. The van der Waals surface area contributed by atoms with Gasteiger partial charge in [-0.1, -0.05) is 18.2 Å². The van der Waals surface area contributed by atoms with Crippen molar-refractivity contribution < 1.29 is 13.9 Å².